The standard InChI is InChI=1S/C20H19ClFN3OS/c1-12-2-5-17(27-12)20(26)24-13-7-10-25(11-8-13)16-4-3-14-15(21)6-9-23-19(14)18(16)22/h2-6,9,13H,7-8,10-11H2,1H3,(H,24,26). The Kier molecular flexibility index (Phi) is 5.02. The Balaban J connectivity index is 1.44. The van der Waals surface area contributed by atoms with Crippen LogP contribution in [0.2, 0.25) is 5.02 Å². The smallest absolute Gasteiger partial charge is 0.261 e. The minimum atomic E-state index is -0.341. The van der Waals surface area contributed by atoms with Gasteiger partial charge in [0.15, 0.2) is 5.82 Å². The number of aryl methyl sites for hydroxylation is 1. The molecule has 1 aliphatic heterocycles. The van der Waals surface area contributed by atoms with Crippen LogP contribution in [0.4, 0.5) is 10.1 Å². The number of carbonyl (C=O) groups is 1. The average molecular weight is 404 g/mol. The highest BCUT2D eigenvalue weighted by molar-refractivity contribution is 7.13. The third-order valence-corrected chi connectivity index (χ3v) is 6.24. The summed E-state index contributed by atoms with van der Waals surface area (Å²) in [7, 11) is 0. The van der Waals surface area contributed by atoms with Gasteiger partial charge in [0.25, 0.3) is 5.91 Å². The van der Waals surface area contributed by atoms with Gasteiger partial charge in [-0.25, -0.2) is 4.39 Å². The second-order valence-electron chi connectivity index (χ2n) is 6.73. The van der Waals surface area contributed by atoms with Gasteiger partial charge in [-0.3, -0.25) is 9.78 Å². The van der Waals surface area contributed by atoms with Crippen molar-refractivity contribution in [3.05, 3.63) is 57.1 Å². The van der Waals surface area contributed by atoms with Crippen LogP contribution < -0.4 is 10.2 Å². The van der Waals surface area contributed by atoms with E-state index in [1.807, 2.05) is 30.0 Å². The Morgan fingerprint density at radius 1 is 1.26 bits per heavy atom. The van der Waals surface area contributed by atoms with Crippen LogP contribution in [-0.2, 0) is 0 Å². The van der Waals surface area contributed by atoms with Crippen molar-refractivity contribution in [1.82, 2.24) is 10.3 Å². The van der Waals surface area contributed by atoms with Gasteiger partial charge in [0.2, 0.25) is 0 Å². The van der Waals surface area contributed by atoms with Crippen molar-refractivity contribution in [2.75, 3.05) is 18.0 Å². The zero-order valence-corrected chi connectivity index (χ0v) is 16.4. The molecule has 27 heavy (non-hydrogen) atoms. The molecular weight excluding hydrogens is 385 g/mol. The minimum absolute atomic E-state index is 0.0257. The number of pyridine rings is 1. The molecule has 1 fully saturated rings. The van der Waals surface area contributed by atoms with Gasteiger partial charge in [0.05, 0.1) is 15.6 Å². The van der Waals surface area contributed by atoms with Crippen molar-refractivity contribution in [2.24, 2.45) is 0 Å². The second-order valence-corrected chi connectivity index (χ2v) is 8.43. The van der Waals surface area contributed by atoms with Crippen molar-refractivity contribution in [3.8, 4) is 0 Å². The van der Waals surface area contributed by atoms with E-state index in [1.54, 1.807) is 12.1 Å². The molecule has 0 aliphatic carbocycles. The van der Waals surface area contributed by atoms with Gasteiger partial charge in [-0.1, -0.05) is 11.6 Å². The molecule has 3 aromatic rings. The van der Waals surface area contributed by atoms with Crippen LogP contribution in [0.5, 0.6) is 0 Å². The molecule has 0 radical (unpaired) electrons. The first-order chi connectivity index (χ1) is 13.0. The van der Waals surface area contributed by atoms with E-state index >= 15 is 0 Å². The molecule has 7 heteroatoms. The summed E-state index contributed by atoms with van der Waals surface area (Å²) in [6.45, 7) is 3.34. The number of anilines is 1. The first-order valence-electron chi connectivity index (χ1n) is 8.88. The number of benzene rings is 1. The molecule has 4 nitrogen and oxygen atoms in total. The van der Waals surface area contributed by atoms with Gasteiger partial charge >= 0.3 is 0 Å². The lowest BCUT2D eigenvalue weighted by molar-refractivity contribution is 0.0935. The highest BCUT2D eigenvalue weighted by atomic mass is 35.5. The topological polar surface area (TPSA) is 45.2 Å². The fourth-order valence-corrected chi connectivity index (χ4v) is 4.44. The van der Waals surface area contributed by atoms with Crippen molar-refractivity contribution in [1.29, 1.82) is 0 Å². The lowest BCUT2D eigenvalue weighted by atomic mass is 10.0. The fraction of sp³-hybridized carbons (Fsp3) is 0.300. The molecule has 1 amide bonds. The van der Waals surface area contributed by atoms with Gasteiger partial charge in [-0.15, -0.1) is 11.3 Å². The normalized spacial score (nSPS) is 15.3. The number of fused-ring (bicyclic) bond motifs is 1. The Hall–Kier alpha value is -2.18. The summed E-state index contributed by atoms with van der Waals surface area (Å²) in [6, 6.07) is 9.14. The van der Waals surface area contributed by atoms with Gasteiger partial charge < -0.3 is 10.2 Å². The first-order valence-corrected chi connectivity index (χ1v) is 10.1. The molecule has 4 rings (SSSR count). The summed E-state index contributed by atoms with van der Waals surface area (Å²) < 4.78 is 14.9. The summed E-state index contributed by atoms with van der Waals surface area (Å²) >= 11 is 7.62. The second kappa shape index (κ2) is 7.44. The van der Waals surface area contributed by atoms with Crippen LogP contribution in [0.3, 0.4) is 0 Å². The molecule has 1 N–H and O–H groups in total. The summed E-state index contributed by atoms with van der Waals surface area (Å²) in [5, 5.41) is 4.21. The number of hydrogen-bond donors (Lipinski definition) is 1. The maximum absolute atomic E-state index is 14.9. The number of aromatic nitrogens is 1. The van der Waals surface area contributed by atoms with E-state index in [2.05, 4.69) is 10.3 Å². The number of nitrogens with one attached hydrogen (secondary N) is 1. The molecule has 1 aromatic carbocycles. The number of halogens is 2. The molecule has 3 heterocycles. The monoisotopic (exact) mass is 403 g/mol. The Morgan fingerprint density at radius 2 is 2.04 bits per heavy atom. The number of hydrogen-bond acceptors (Lipinski definition) is 4. The van der Waals surface area contributed by atoms with Crippen molar-refractivity contribution in [3.63, 3.8) is 0 Å². The van der Waals surface area contributed by atoms with Crippen molar-refractivity contribution < 1.29 is 9.18 Å². The molecule has 1 aliphatic rings. The Labute approximate surface area is 166 Å². The van der Waals surface area contributed by atoms with Crippen LogP contribution in [0, 0.1) is 12.7 Å². The predicted octanol–water partition coefficient (Wildman–Crippen LogP) is 4.80. The van der Waals surface area contributed by atoms with Crippen molar-refractivity contribution >= 4 is 45.4 Å². The minimum Gasteiger partial charge on any atom is -0.369 e. The highest BCUT2D eigenvalue weighted by Gasteiger charge is 2.24. The van der Waals surface area contributed by atoms with Crippen LogP contribution in [0.25, 0.3) is 10.9 Å². The number of thiophene rings is 1. The Bertz CT molecular complexity index is 998. The average Bonchev–Trinajstić information content (AvgIpc) is 3.10. The van der Waals surface area contributed by atoms with Crippen LogP contribution >= 0.6 is 22.9 Å². The highest BCUT2D eigenvalue weighted by Crippen LogP contribution is 2.31. The van der Waals surface area contributed by atoms with E-state index in [-0.39, 0.29) is 17.8 Å². The molecular formula is C20H19ClFN3OS. The number of carbonyl (C=O) groups excluding carboxylic acids is 1. The lowest BCUT2D eigenvalue weighted by Gasteiger charge is -2.34. The summed E-state index contributed by atoms with van der Waals surface area (Å²) in [4.78, 5) is 20.3. The van der Waals surface area contributed by atoms with Gasteiger partial charge in [0, 0.05) is 35.6 Å². The molecule has 2 aromatic heterocycles. The van der Waals surface area contributed by atoms with Crippen LogP contribution in [-0.4, -0.2) is 30.0 Å². The van der Waals surface area contributed by atoms with E-state index < -0.39 is 0 Å². The zero-order chi connectivity index (χ0) is 19.0. The molecule has 0 saturated carbocycles. The molecule has 140 valence electrons. The van der Waals surface area contributed by atoms with Gasteiger partial charge in [-0.2, -0.15) is 0 Å². The van der Waals surface area contributed by atoms with E-state index in [0.717, 1.165) is 22.6 Å². The number of rotatable bonds is 3. The number of piperidine rings is 1. The first kappa shape index (κ1) is 18.2. The van der Waals surface area contributed by atoms with Crippen LogP contribution in [0.1, 0.15) is 27.4 Å². The fourth-order valence-electron chi connectivity index (χ4n) is 3.46. The van der Waals surface area contributed by atoms with E-state index in [1.165, 1.54) is 17.5 Å². The number of nitrogens with zero attached hydrogens (tertiary/aromatic N) is 2. The zero-order valence-electron chi connectivity index (χ0n) is 14.8. The maximum atomic E-state index is 14.9. The third kappa shape index (κ3) is 3.64. The SMILES string of the molecule is Cc1ccc(C(=O)NC2CCN(c3ccc4c(Cl)ccnc4c3F)CC2)s1. The van der Waals surface area contributed by atoms with E-state index in [4.69, 9.17) is 11.6 Å². The number of amides is 1. The van der Waals surface area contributed by atoms with Crippen molar-refractivity contribution in [2.45, 2.75) is 25.8 Å². The molecule has 0 bridgehead atoms. The Morgan fingerprint density at radius 3 is 2.74 bits per heavy atom. The van der Waals surface area contributed by atoms with Gasteiger partial charge in [0.1, 0.15) is 5.52 Å². The lowest BCUT2D eigenvalue weighted by Crippen LogP contribution is -2.44. The molecule has 0 spiro atoms. The van der Waals surface area contributed by atoms with E-state index in [0.29, 0.717) is 34.7 Å². The predicted molar refractivity (Wildman–Crippen MR) is 108 cm³/mol. The van der Waals surface area contributed by atoms with E-state index in [9.17, 15) is 9.18 Å². The summed E-state index contributed by atoms with van der Waals surface area (Å²) in [5.74, 6) is -0.367. The summed E-state index contributed by atoms with van der Waals surface area (Å²) in [6.07, 6.45) is 3.07. The molecule has 0 atom stereocenters. The van der Waals surface area contributed by atoms with Crippen LogP contribution in [0.15, 0.2) is 36.5 Å². The third-order valence-electron chi connectivity index (χ3n) is 4.91. The molecule has 0 unspecified atom stereocenters. The maximum Gasteiger partial charge on any atom is 0.261 e. The summed E-state index contributed by atoms with van der Waals surface area (Å²) in [5.41, 5.74) is 0.833. The molecule has 1 saturated heterocycles. The largest absolute Gasteiger partial charge is 0.369 e. The van der Waals surface area contributed by atoms with Gasteiger partial charge in [-0.05, 0) is 50.1 Å². The quantitative estimate of drug-likeness (QED) is 0.683.